The molecule has 0 spiro atoms. The first-order chi connectivity index (χ1) is 12.0. The first-order valence-corrected chi connectivity index (χ1v) is 8.31. The molecule has 0 fully saturated rings. The van der Waals surface area contributed by atoms with Gasteiger partial charge < -0.3 is 15.0 Å². The van der Waals surface area contributed by atoms with Crippen LogP contribution < -0.4 is 5.32 Å². The van der Waals surface area contributed by atoms with Crippen molar-refractivity contribution in [2.45, 2.75) is 26.9 Å². The number of aliphatic hydroxyl groups excluding tert-OH is 1. The molecule has 2 N–H and O–H groups in total. The number of rotatable bonds is 4. The quantitative estimate of drug-likeness (QED) is 0.743. The van der Waals surface area contributed by atoms with E-state index in [1.54, 1.807) is 13.0 Å². The van der Waals surface area contributed by atoms with Gasteiger partial charge in [-0.3, -0.25) is 4.79 Å². The highest BCUT2D eigenvalue weighted by Crippen LogP contribution is 2.25. The van der Waals surface area contributed by atoms with E-state index in [-0.39, 0.29) is 5.91 Å². The zero-order chi connectivity index (χ0) is 18.0. The predicted molar refractivity (Wildman–Crippen MR) is 100 cm³/mol. The van der Waals surface area contributed by atoms with Gasteiger partial charge in [-0.25, -0.2) is 0 Å². The summed E-state index contributed by atoms with van der Waals surface area (Å²) in [6.07, 6.45) is -0.645. The minimum atomic E-state index is -0.645. The van der Waals surface area contributed by atoms with Crippen LogP contribution in [0, 0.1) is 13.8 Å². The van der Waals surface area contributed by atoms with Gasteiger partial charge in [0.15, 0.2) is 0 Å². The molecule has 1 unspecified atom stereocenters. The molecule has 3 aromatic rings. The molecule has 0 aliphatic heterocycles. The fourth-order valence-corrected chi connectivity index (χ4v) is 3.13. The molecular weight excluding hydrogens is 312 g/mol. The van der Waals surface area contributed by atoms with Gasteiger partial charge in [0, 0.05) is 28.3 Å². The Labute approximate surface area is 147 Å². The van der Waals surface area contributed by atoms with Crippen LogP contribution in [-0.4, -0.2) is 15.6 Å². The molecule has 0 aliphatic carbocycles. The average Bonchev–Trinajstić information content (AvgIpc) is 2.90. The molecule has 0 radical (unpaired) electrons. The SMILES string of the molecule is Cc1cc(C(=O)Nc2ccccc2C(C)O)c(C)n1-c1ccccc1. The molecule has 0 saturated heterocycles. The van der Waals surface area contributed by atoms with Crippen LogP contribution in [0.2, 0.25) is 0 Å². The fraction of sp³-hybridized carbons (Fsp3) is 0.190. The second-order valence-corrected chi connectivity index (χ2v) is 6.17. The second kappa shape index (κ2) is 6.95. The summed E-state index contributed by atoms with van der Waals surface area (Å²) >= 11 is 0. The molecule has 2 aromatic carbocycles. The Bertz CT molecular complexity index is 896. The number of anilines is 1. The number of nitrogens with zero attached hydrogens (tertiary/aromatic N) is 1. The van der Waals surface area contributed by atoms with E-state index in [9.17, 15) is 9.90 Å². The molecule has 3 rings (SSSR count). The Balaban J connectivity index is 1.95. The van der Waals surface area contributed by atoms with E-state index in [1.165, 1.54) is 0 Å². The number of amides is 1. The van der Waals surface area contributed by atoms with Crippen molar-refractivity contribution >= 4 is 11.6 Å². The molecule has 1 amide bonds. The van der Waals surface area contributed by atoms with Gasteiger partial charge in [0.25, 0.3) is 5.91 Å². The minimum Gasteiger partial charge on any atom is -0.389 e. The Hall–Kier alpha value is -2.85. The van der Waals surface area contributed by atoms with Crippen molar-refractivity contribution in [1.82, 2.24) is 4.57 Å². The molecule has 4 nitrogen and oxygen atoms in total. The van der Waals surface area contributed by atoms with E-state index in [0.29, 0.717) is 16.8 Å². The maximum absolute atomic E-state index is 12.8. The van der Waals surface area contributed by atoms with Crippen LogP contribution in [0.3, 0.4) is 0 Å². The number of aryl methyl sites for hydroxylation is 1. The third-order valence-electron chi connectivity index (χ3n) is 4.35. The van der Waals surface area contributed by atoms with Gasteiger partial charge in [0.05, 0.1) is 11.7 Å². The molecule has 0 bridgehead atoms. The molecule has 0 aliphatic rings. The van der Waals surface area contributed by atoms with Crippen molar-refractivity contribution in [3.63, 3.8) is 0 Å². The lowest BCUT2D eigenvalue weighted by atomic mass is 10.1. The Morgan fingerprint density at radius 1 is 1.04 bits per heavy atom. The van der Waals surface area contributed by atoms with Gasteiger partial charge >= 0.3 is 0 Å². The number of para-hydroxylation sites is 2. The Morgan fingerprint density at radius 2 is 1.68 bits per heavy atom. The number of hydrogen-bond acceptors (Lipinski definition) is 2. The zero-order valence-electron chi connectivity index (χ0n) is 14.7. The van der Waals surface area contributed by atoms with E-state index in [1.807, 2.05) is 68.4 Å². The summed E-state index contributed by atoms with van der Waals surface area (Å²) in [7, 11) is 0. The van der Waals surface area contributed by atoms with Crippen molar-refractivity contribution in [1.29, 1.82) is 0 Å². The molecule has 1 aromatic heterocycles. The monoisotopic (exact) mass is 334 g/mol. The molecule has 4 heteroatoms. The standard InChI is InChI=1S/C21H22N2O2/c1-14-13-19(15(2)23(14)17-9-5-4-6-10-17)21(25)22-20-12-8-7-11-18(20)16(3)24/h4-13,16,24H,1-3H3,(H,22,25). The van der Waals surface area contributed by atoms with Crippen molar-refractivity contribution in [3.05, 3.63) is 83.2 Å². The number of aromatic nitrogens is 1. The number of aliphatic hydroxyl groups is 1. The number of carbonyl (C=O) groups is 1. The summed E-state index contributed by atoms with van der Waals surface area (Å²) in [5, 5.41) is 12.8. The Kier molecular flexibility index (Phi) is 4.72. The van der Waals surface area contributed by atoms with Crippen LogP contribution >= 0.6 is 0 Å². The van der Waals surface area contributed by atoms with Crippen LogP contribution in [0.1, 0.15) is 40.3 Å². The maximum atomic E-state index is 12.8. The van der Waals surface area contributed by atoms with Gasteiger partial charge in [0.2, 0.25) is 0 Å². The zero-order valence-corrected chi connectivity index (χ0v) is 14.7. The van der Waals surface area contributed by atoms with Crippen molar-refractivity contribution in [2.75, 3.05) is 5.32 Å². The van der Waals surface area contributed by atoms with E-state index in [0.717, 1.165) is 17.1 Å². The highest BCUT2D eigenvalue weighted by molar-refractivity contribution is 6.05. The summed E-state index contributed by atoms with van der Waals surface area (Å²) in [5.74, 6) is -0.177. The first-order valence-electron chi connectivity index (χ1n) is 8.31. The van der Waals surface area contributed by atoms with E-state index < -0.39 is 6.10 Å². The van der Waals surface area contributed by atoms with Crippen LogP contribution in [0.5, 0.6) is 0 Å². The van der Waals surface area contributed by atoms with Crippen molar-refractivity contribution < 1.29 is 9.90 Å². The summed E-state index contributed by atoms with van der Waals surface area (Å²) in [6.45, 7) is 5.61. The Morgan fingerprint density at radius 3 is 2.36 bits per heavy atom. The third-order valence-corrected chi connectivity index (χ3v) is 4.35. The lowest BCUT2D eigenvalue weighted by molar-refractivity contribution is 0.102. The molecule has 1 heterocycles. The maximum Gasteiger partial charge on any atom is 0.257 e. The highest BCUT2D eigenvalue weighted by Gasteiger charge is 2.18. The molecule has 128 valence electrons. The molecular formula is C21H22N2O2. The summed E-state index contributed by atoms with van der Waals surface area (Å²) in [6, 6.07) is 19.2. The smallest absolute Gasteiger partial charge is 0.257 e. The summed E-state index contributed by atoms with van der Waals surface area (Å²) < 4.78 is 2.06. The van der Waals surface area contributed by atoms with Gasteiger partial charge in [0.1, 0.15) is 0 Å². The summed E-state index contributed by atoms with van der Waals surface area (Å²) in [4.78, 5) is 12.8. The van der Waals surface area contributed by atoms with Gasteiger partial charge in [-0.05, 0) is 45.0 Å². The van der Waals surface area contributed by atoms with E-state index >= 15 is 0 Å². The van der Waals surface area contributed by atoms with Crippen LogP contribution in [0.15, 0.2) is 60.7 Å². The van der Waals surface area contributed by atoms with E-state index in [2.05, 4.69) is 9.88 Å². The highest BCUT2D eigenvalue weighted by atomic mass is 16.3. The van der Waals surface area contributed by atoms with Gasteiger partial charge in [-0.1, -0.05) is 36.4 Å². The predicted octanol–water partition coefficient (Wildman–Crippen LogP) is 4.40. The van der Waals surface area contributed by atoms with Gasteiger partial charge in [-0.15, -0.1) is 0 Å². The number of nitrogens with one attached hydrogen (secondary N) is 1. The number of benzene rings is 2. The minimum absolute atomic E-state index is 0.177. The second-order valence-electron chi connectivity index (χ2n) is 6.17. The van der Waals surface area contributed by atoms with Crippen LogP contribution in [0.25, 0.3) is 5.69 Å². The number of carbonyl (C=O) groups excluding carboxylic acids is 1. The molecule has 1 atom stereocenters. The normalized spacial score (nSPS) is 12.0. The average molecular weight is 334 g/mol. The van der Waals surface area contributed by atoms with Crippen LogP contribution in [-0.2, 0) is 0 Å². The largest absolute Gasteiger partial charge is 0.389 e. The van der Waals surface area contributed by atoms with Crippen molar-refractivity contribution in [2.24, 2.45) is 0 Å². The summed E-state index contributed by atoms with van der Waals surface area (Å²) in [5.41, 5.74) is 4.87. The first kappa shape index (κ1) is 17.0. The number of hydrogen-bond donors (Lipinski definition) is 2. The van der Waals surface area contributed by atoms with Crippen molar-refractivity contribution in [3.8, 4) is 5.69 Å². The third kappa shape index (κ3) is 3.35. The van der Waals surface area contributed by atoms with Gasteiger partial charge in [-0.2, -0.15) is 0 Å². The molecule has 0 saturated carbocycles. The lowest BCUT2D eigenvalue weighted by Crippen LogP contribution is -2.15. The fourth-order valence-electron chi connectivity index (χ4n) is 3.13. The lowest BCUT2D eigenvalue weighted by Gasteiger charge is -2.13. The van der Waals surface area contributed by atoms with E-state index in [4.69, 9.17) is 0 Å². The van der Waals surface area contributed by atoms with Crippen LogP contribution in [0.4, 0.5) is 5.69 Å². The topological polar surface area (TPSA) is 54.3 Å². The molecule has 25 heavy (non-hydrogen) atoms.